The van der Waals surface area contributed by atoms with Gasteiger partial charge in [0.2, 0.25) is 0 Å². The lowest BCUT2D eigenvalue weighted by Crippen LogP contribution is -2.39. The van der Waals surface area contributed by atoms with Crippen LogP contribution in [0.1, 0.15) is 17.2 Å². The van der Waals surface area contributed by atoms with E-state index in [9.17, 15) is 22.5 Å². The van der Waals surface area contributed by atoms with Crippen LogP contribution in [0.5, 0.6) is 0 Å². The third-order valence-corrected chi connectivity index (χ3v) is 3.29. The molecule has 1 aromatic rings. The molecular formula is C12H12F4N2O2. The number of hydrogen-bond donors (Lipinski definition) is 0. The van der Waals surface area contributed by atoms with Crippen LogP contribution in [0.25, 0.3) is 0 Å². The van der Waals surface area contributed by atoms with E-state index in [1.165, 1.54) is 7.05 Å². The van der Waals surface area contributed by atoms with Crippen molar-refractivity contribution in [1.29, 1.82) is 0 Å². The summed E-state index contributed by atoms with van der Waals surface area (Å²) in [5.41, 5.74) is -1.06. The van der Waals surface area contributed by atoms with Crippen molar-refractivity contribution in [3.63, 3.8) is 0 Å². The van der Waals surface area contributed by atoms with Crippen molar-refractivity contribution in [2.24, 2.45) is 11.2 Å². The Morgan fingerprint density at radius 2 is 2.05 bits per heavy atom. The van der Waals surface area contributed by atoms with Gasteiger partial charge in [-0.1, -0.05) is 6.07 Å². The summed E-state index contributed by atoms with van der Waals surface area (Å²) in [6.45, 7) is 0.621. The molecule has 4 nitrogen and oxygen atoms in total. The average Bonchev–Trinajstić information content (AvgIpc) is 2.32. The second-order valence-corrected chi connectivity index (χ2v) is 4.63. The molecule has 1 atom stereocenters. The molecule has 1 aliphatic rings. The van der Waals surface area contributed by atoms with Gasteiger partial charge in [0.1, 0.15) is 5.82 Å². The first kappa shape index (κ1) is 14.7. The maximum atomic E-state index is 13.9. The normalized spacial score (nSPS) is 17.4. The summed E-state index contributed by atoms with van der Waals surface area (Å²) in [6.07, 6.45) is -4.61. The Morgan fingerprint density at radius 3 is 2.45 bits per heavy atom. The van der Waals surface area contributed by atoms with Gasteiger partial charge in [0.25, 0.3) is 0 Å². The second kappa shape index (κ2) is 5.35. The number of halogens is 4. The zero-order valence-electron chi connectivity index (χ0n) is 10.5. The number of nitrogens with zero attached hydrogens (tertiary/aromatic N) is 2. The standard InChI is InChI=1S/C12H12F4N2O2/c1-18(17-19)11(7-5-20-6-7)9-3-2-8(4-10(9)13)12(14,15)16/h2-4,7,11H,5-6H2,1H3. The molecule has 1 heterocycles. The SMILES string of the molecule is CN(N=O)C(c1ccc(C(F)(F)F)cc1F)C1COC1. The lowest BCUT2D eigenvalue weighted by Gasteiger charge is -2.36. The van der Waals surface area contributed by atoms with Crippen LogP contribution >= 0.6 is 0 Å². The molecule has 1 saturated heterocycles. The van der Waals surface area contributed by atoms with Gasteiger partial charge in [-0.05, 0) is 12.1 Å². The molecule has 0 N–H and O–H groups in total. The third kappa shape index (κ3) is 2.74. The molecule has 0 saturated carbocycles. The summed E-state index contributed by atoms with van der Waals surface area (Å²) in [5, 5.41) is 3.72. The highest BCUT2D eigenvalue weighted by atomic mass is 19.4. The van der Waals surface area contributed by atoms with Crippen molar-refractivity contribution in [3.8, 4) is 0 Å². The Labute approximate surface area is 112 Å². The second-order valence-electron chi connectivity index (χ2n) is 4.63. The van der Waals surface area contributed by atoms with Gasteiger partial charge < -0.3 is 4.74 Å². The van der Waals surface area contributed by atoms with Gasteiger partial charge in [-0.25, -0.2) is 4.39 Å². The molecule has 1 aromatic carbocycles. The van der Waals surface area contributed by atoms with E-state index in [0.717, 1.165) is 17.1 Å². The highest BCUT2D eigenvalue weighted by Crippen LogP contribution is 2.37. The number of hydrogen-bond acceptors (Lipinski definition) is 3. The van der Waals surface area contributed by atoms with Crippen LogP contribution in [0.15, 0.2) is 23.5 Å². The van der Waals surface area contributed by atoms with Crippen LogP contribution in [0.2, 0.25) is 0 Å². The van der Waals surface area contributed by atoms with E-state index in [2.05, 4.69) is 5.29 Å². The molecule has 1 unspecified atom stereocenters. The molecule has 0 radical (unpaired) electrons. The van der Waals surface area contributed by atoms with Gasteiger partial charge in [0, 0.05) is 18.5 Å². The van der Waals surface area contributed by atoms with Gasteiger partial charge in [-0.15, -0.1) is 4.91 Å². The van der Waals surface area contributed by atoms with E-state index in [1.54, 1.807) is 0 Å². The van der Waals surface area contributed by atoms with Crippen LogP contribution < -0.4 is 0 Å². The summed E-state index contributed by atoms with van der Waals surface area (Å²) in [4.78, 5) is 10.6. The van der Waals surface area contributed by atoms with Crippen LogP contribution in [0.3, 0.4) is 0 Å². The molecule has 0 aromatic heterocycles. The van der Waals surface area contributed by atoms with E-state index < -0.39 is 23.6 Å². The lowest BCUT2D eigenvalue weighted by atomic mass is 9.90. The van der Waals surface area contributed by atoms with E-state index in [-0.39, 0.29) is 11.5 Å². The van der Waals surface area contributed by atoms with Crippen LogP contribution in [0, 0.1) is 16.6 Å². The van der Waals surface area contributed by atoms with Crippen molar-refractivity contribution in [3.05, 3.63) is 40.1 Å². The highest BCUT2D eigenvalue weighted by Gasteiger charge is 2.37. The molecule has 1 aliphatic heterocycles. The molecule has 0 bridgehead atoms. The Kier molecular flexibility index (Phi) is 3.94. The molecule has 1 fully saturated rings. The van der Waals surface area contributed by atoms with Crippen LogP contribution in [-0.2, 0) is 10.9 Å². The third-order valence-electron chi connectivity index (χ3n) is 3.29. The maximum absolute atomic E-state index is 13.9. The topological polar surface area (TPSA) is 41.9 Å². The summed E-state index contributed by atoms with van der Waals surface area (Å²) in [7, 11) is 1.35. The summed E-state index contributed by atoms with van der Waals surface area (Å²) >= 11 is 0. The molecule has 0 amide bonds. The Morgan fingerprint density at radius 1 is 1.40 bits per heavy atom. The maximum Gasteiger partial charge on any atom is 0.416 e. The van der Waals surface area contributed by atoms with E-state index >= 15 is 0 Å². The molecule has 110 valence electrons. The first-order valence-electron chi connectivity index (χ1n) is 5.85. The largest absolute Gasteiger partial charge is 0.416 e. The fourth-order valence-electron chi connectivity index (χ4n) is 2.19. The number of ether oxygens (including phenoxy) is 1. The van der Waals surface area contributed by atoms with Crippen molar-refractivity contribution < 1.29 is 22.3 Å². The quantitative estimate of drug-likeness (QED) is 0.486. The van der Waals surface area contributed by atoms with Crippen molar-refractivity contribution >= 4 is 0 Å². The molecule has 20 heavy (non-hydrogen) atoms. The van der Waals surface area contributed by atoms with Gasteiger partial charge in [-0.3, -0.25) is 5.01 Å². The Bertz CT molecular complexity index is 503. The van der Waals surface area contributed by atoms with Gasteiger partial charge >= 0.3 is 6.18 Å². The van der Waals surface area contributed by atoms with Gasteiger partial charge in [0.15, 0.2) is 0 Å². The number of nitroso groups, excluding NO2 is 1. The van der Waals surface area contributed by atoms with Crippen molar-refractivity contribution in [2.45, 2.75) is 12.2 Å². The smallest absolute Gasteiger partial charge is 0.381 e. The molecule has 0 aliphatic carbocycles. The number of benzene rings is 1. The predicted octanol–water partition coefficient (Wildman–Crippen LogP) is 3.15. The van der Waals surface area contributed by atoms with E-state index in [1.807, 2.05) is 0 Å². The van der Waals surface area contributed by atoms with Crippen LogP contribution in [0.4, 0.5) is 17.6 Å². The predicted molar refractivity (Wildman–Crippen MR) is 62.0 cm³/mol. The van der Waals surface area contributed by atoms with E-state index in [0.29, 0.717) is 19.3 Å². The minimum atomic E-state index is -4.61. The minimum absolute atomic E-state index is 0.00778. The fourth-order valence-corrected chi connectivity index (χ4v) is 2.19. The first-order valence-corrected chi connectivity index (χ1v) is 5.85. The molecular weight excluding hydrogens is 280 g/mol. The summed E-state index contributed by atoms with van der Waals surface area (Å²) in [5.74, 6) is -1.18. The summed E-state index contributed by atoms with van der Waals surface area (Å²) < 4.78 is 56.4. The van der Waals surface area contributed by atoms with E-state index in [4.69, 9.17) is 4.74 Å². The molecule has 2 rings (SSSR count). The van der Waals surface area contributed by atoms with Crippen LogP contribution in [-0.4, -0.2) is 25.3 Å². The Hall–Kier alpha value is -1.70. The zero-order valence-corrected chi connectivity index (χ0v) is 10.5. The number of alkyl halides is 3. The first-order chi connectivity index (χ1) is 9.34. The summed E-state index contributed by atoms with van der Waals surface area (Å²) in [6, 6.07) is 1.54. The monoisotopic (exact) mass is 292 g/mol. The number of rotatable bonds is 4. The van der Waals surface area contributed by atoms with Crippen molar-refractivity contribution in [1.82, 2.24) is 5.01 Å². The fraction of sp³-hybridized carbons (Fsp3) is 0.500. The van der Waals surface area contributed by atoms with Gasteiger partial charge in [-0.2, -0.15) is 13.2 Å². The molecule has 0 spiro atoms. The van der Waals surface area contributed by atoms with Crippen molar-refractivity contribution in [2.75, 3.05) is 20.3 Å². The van der Waals surface area contributed by atoms with Gasteiger partial charge in [0.05, 0.1) is 30.1 Å². The Balaban J connectivity index is 2.36. The lowest BCUT2D eigenvalue weighted by molar-refractivity contribution is -0.137. The molecule has 8 heteroatoms. The minimum Gasteiger partial charge on any atom is -0.381 e. The zero-order chi connectivity index (χ0) is 14.9. The average molecular weight is 292 g/mol. The highest BCUT2D eigenvalue weighted by molar-refractivity contribution is 5.29.